The molecule has 2 saturated heterocycles. The first-order valence-electron chi connectivity index (χ1n) is 5.70. The van der Waals surface area contributed by atoms with Crippen molar-refractivity contribution in [1.29, 1.82) is 0 Å². The summed E-state index contributed by atoms with van der Waals surface area (Å²) in [5, 5.41) is 1.29. The molecule has 3 aliphatic heterocycles. The van der Waals surface area contributed by atoms with Gasteiger partial charge in [0.15, 0.2) is 11.5 Å². The minimum Gasteiger partial charge on any atom is -0.481 e. The van der Waals surface area contributed by atoms with Crippen molar-refractivity contribution in [2.75, 3.05) is 0 Å². The van der Waals surface area contributed by atoms with Crippen LogP contribution in [0.2, 0.25) is 0 Å². The third-order valence-corrected chi connectivity index (χ3v) is 6.76. The Balaban J connectivity index is 1.78. The highest BCUT2D eigenvalue weighted by atomic mass is 127. The van der Waals surface area contributed by atoms with Crippen molar-refractivity contribution in [3.8, 4) is 11.5 Å². The summed E-state index contributed by atoms with van der Waals surface area (Å²) in [5.41, 5.74) is 0. The number of hydrogen-bond donors (Lipinski definition) is 0. The fourth-order valence-corrected chi connectivity index (χ4v) is 6.55. The van der Waals surface area contributed by atoms with E-state index in [1.165, 1.54) is 16.4 Å². The molecular weight excluding hydrogens is 462 g/mol. The number of fused-ring (bicyclic) bond motifs is 6. The number of halogens is 2. The Morgan fingerprint density at radius 3 is 2.53 bits per heavy atom. The molecule has 90 valence electrons. The quantitative estimate of drug-likeness (QED) is 0.538. The van der Waals surface area contributed by atoms with Gasteiger partial charge in [0, 0.05) is 14.1 Å². The smallest absolute Gasteiger partial charge is 0.175 e. The van der Waals surface area contributed by atoms with Gasteiger partial charge in [-0.05, 0) is 70.2 Å². The van der Waals surface area contributed by atoms with E-state index in [0.717, 1.165) is 15.1 Å². The summed E-state index contributed by atoms with van der Waals surface area (Å²) in [5.74, 6) is 1.90. The highest BCUT2D eigenvalue weighted by Crippen LogP contribution is 2.53. The second kappa shape index (κ2) is 4.06. The van der Waals surface area contributed by atoms with Crippen LogP contribution in [0.25, 0.3) is 0 Å². The van der Waals surface area contributed by atoms with Gasteiger partial charge in [-0.1, -0.05) is 0 Å². The molecule has 4 atom stereocenters. The summed E-state index contributed by atoms with van der Waals surface area (Å²) in [7, 11) is 0. The van der Waals surface area contributed by atoms with E-state index < -0.39 is 0 Å². The van der Waals surface area contributed by atoms with Crippen molar-refractivity contribution in [2.45, 2.75) is 35.5 Å². The lowest BCUT2D eigenvalue weighted by Crippen LogP contribution is -2.47. The van der Waals surface area contributed by atoms with E-state index in [0.29, 0.717) is 10.5 Å². The zero-order valence-electron chi connectivity index (χ0n) is 8.86. The van der Waals surface area contributed by atoms with Crippen molar-refractivity contribution < 1.29 is 9.47 Å². The maximum atomic E-state index is 6.22. The predicted molar refractivity (Wildman–Crippen MR) is 85.1 cm³/mol. The Morgan fingerprint density at radius 1 is 1.06 bits per heavy atom. The minimum absolute atomic E-state index is 0.278. The average molecular weight is 472 g/mol. The SMILES string of the molecule is Ic1cc(I)c2c(c1)OC1C3CCC(S3)C1O2. The summed E-state index contributed by atoms with van der Waals surface area (Å²) in [6.07, 6.45) is 3.13. The summed E-state index contributed by atoms with van der Waals surface area (Å²) in [6, 6.07) is 4.23. The predicted octanol–water partition coefficient (Wildman–Crippen LogP) is 3.68. The first kappa shape index (κ1) is 11.5. The fourth-order valence-electron chi connectivity index (χ4n) is 2.90. The van der Waals surface area contributed by atoms with Crippen LogP contribution in [-0.2, 0) is 0 Å². The lowest BCUT2D eigenvalue weighted by Gasteiger charge is -2.36. The Labute approximate surface area is 131 Å². The van der Waals surface area contributed by atoms with Gasteiger partial charge in [-0.15, -0.1) is 11.8 Å². The van der Waals surface area contributed by atoms with Crippen LogP contribution in [0, 0.1) is 7.14 Å². The van der Waals surface area contributed by atoms with Crippen LogP contribution >= 0.6 is 56.9 Å². The highest BCUT2D eigenvalue weighted by Gasteiger charge is 2.53. The van der Waals surface area contributed by atoms with Gasteiger partial charge in [0.25, 0.3) is 0 Å². The Bertz CT molecular complexity index is 494. The summed E-state index contributed by atoms with van der Waals surface area (Å²) < 4.78 is 14.8. The lowest BCUT2D eigenvalue weighted by molar-refractivity contribution is 0.0128. The Morgan fingerprint density at radius 2 is 1.76 bits per heavy atom. The lowest BCUT2D eigenvalue weighted by atomic mass is 9.94. The molecule has 1 aromatic rings. The van der Waals surface area contributed by atoms with E-state index in [1.807, 2.05) is 0 Å². The van der Waals surface area contributed by atoms with E-state index in [4.69, 9.17) is 9.47 Å². The zero-order chi connectivity index (χ0) is 11.6. The molecule has 0 saturated carbocycles. The monoisotopic (exact) mass is 472 g/mol. The van der Waals surface area contributed by atoms with Crippen molar-refractivity contribution in [1.82, 2.24) is 0 Å². The van der Waals surface area contributed by atoms with E-state index in [-0.39, 0.29) is 12.2 Å². The Hall–Kier alpha value is 0.630. The van der Waals surface area contributed by atoms with Gasteiger partial charge in [0.05, 0.1) is 3.57 Å². The normalized spacial score (nSPS) is 37.1. The van der Waals surface area contributed by atoms with Gasteiger partial charge in [-0.3, -0.25) is 0 Å². The van der Waals surface area contributed by atoms with Crippen molar-refractivity contribution in [2.24, 2.45) is 0 Å². The molecule has 1 aromatic carbocycles. The standard InChI is InChI=1S/C12H10I2O2S/c13-5-3-6(14)10-7(4-5)15-11-8-1-2-9(17-8)12(11)16-10/h3-4,8-9,11-12H,1-2H2. The third-order valence-electron chi connectivity index (χ3n) is 3.63. The average Bonchev–Trinajstić information content (AvgIpc) is 2.87. The van der Waals surface area contributed by atoms with Gasteiger partial charge in [0.1, 0.15) is 12.2 Å². The molecule has 5 heteroatoms. The number of thioether (sulfide) groups is 1. The van der Waals surface area contributed by atoms with E-state index in [1.54, 1.807) is 0 Å². The van der Waals surface area contributed by atoms with Crippen LogP contribution in [-0.4, -0.2) is 22.7 Å². The van der Waals surface area contributed by atoms with Gasteiger partial charge in [-0.2, -0.15) is 0 Å². The molecule has 2 fully saturated rings. The van der Waals surface area contributed by atoms with Crippen LogP contribution in [0.15, 0.2) is 12.1 Å². The van der Waals surface area contributed by atoms with Crippen molar-refractivity contribution in [3.63, 3.8) is 0 Å². The highest BCUT2D eigenvalue weighted by molar-refractivity contribution is 14.1. The largest absolute Gasteiger partial charge is 0.481 e. The molecule has 4 rings (SSSR count). The van der Waals surface area contributed by atoms with E-state index >= 15 is 0 Å². The first-order valence-corrected chi connectivity index (χ1v) is 8.80. The second-order valence-corrected chi connectivity index (χ2v) is 8.56. The van der Waals surface area contributed by atoms with Crippen LogP contribution in [0.5, 0.6) is 11.5 Å². The van der Waals surface area contributed by atoms with E-state index in [9.17, 15) is 0 Å². The van der Waals surface area contributed by atoms with Crippen LogP contribution < -0.4 is 9.47 Å². The molecule has 0 aliphatic carbocycles. The van der Waals surface area contributed by atoms with Crippen LogP contribution in [0.1, 0.15) is 12.8 Å². The maximum absolute atomic E-state index is 6.22. The van der Waals surface area contributed by atoms with E-state index in [2.05, 4.69) is 69.1 Å². The molecule has 3 aliphatic rings. The summed E-state index contributed by atoms with van der Waals surface area (Å²) in [6.45, 7) is 0. The molecule has 2 bridgehead atoms. The molecule has 0 N–H and O–H groups in total. The summed E-state index contributed by atoms with van der Waals surface area (Å²) >= 11 is 6.73. The zero-order valence-corrected chi connectivity index (χ0v) is 14.0. The molecule has 0 amide bonds. The van der Waals surface area contributed by atoms with Crippen LogP contribution in [0.4, 0.5) is 0 Å². The number of hydrogen-bond acceptors (Lipinski definition) is 3. The molecular formula is C12H10I2O2S. The topological polar surface area (TPSA) is 18.5 Å². The third kappa shape index (κ3) is 1.71. The van der Waals surface area contributed by atoms with Crippen molar-refractivity contribution >= 4 is 56.9 Å². The molecule has 17 heavy (non-hydrogen) atoms. The first-order chi connectivity index (χ1) is 8.22. The fraction of sp³-hybridized carbons (Fsp3) is 0.500. The minimum atomic E-state index is 0.278. The maximum Gasteiger partial charge on any atom is 0.175 e. The molecule has 4 unspecified atom stereocenters. The molecule has 0 spiro atoms. The van der Waals surface area contributed by atoms with Gasteiger partial charge in [-0.25, -0.2) is 0 Å². The number of benzene rings is 1. The van der Waals surface area contributed by atoms with Gasteiger partial charge >= 0.3 is 0 Å². The molecule has 0 aromatic heterocycles. The van der Waals surface area contributed by atoms with Crippen molar-refractivity contribution in [3.05, 3.63) is 19.3 Å². The Kier molecular flexibility index (Phi) is 2.74. The second-order valence-electron chi connectivity index (χ2n) is 4.67. The number of rotatable bonds is 0. The summed E-state index contributed by atoms with van der Waals surface area (Å²) in [4.78, 5) is 0. The van der Waals surface area contributed by atoms with Gasteiger partial charge < -0.3 is 9.47 Å². The molecule has 0 radical (unpaired) electrons. The number of ether oxygens (including phenoxy) is 2. The van der Waals surface area contributed by atoms with Crippen LogP contribution in [0.3, 0.4) is 0 Å². The van der Waals surface area contributed by atoms with Gasteiger partial charge in [0.2, 0.25) is 0 Å². The molecule has 3 heterocycles. The molecule has 2 nitrogen and oxygen atoms in total.